The number of rotatable bonds is 8. The molecule has 1 amide bonds. The number of anilines is 1. The minimum atomic E-state index is -0.951. The Morgan fingerprint density at radius 3 is 2.65 bits per heavy atom. The maximum Gasteiger partial charge on any atom is 0.317 e. The van der Waals surface area contributed by atoms with Crippen LogP contribution in [0.4, 0.5) is 5.88 Å². The molecule has 0 bridgehead atoms. The van der Waals surface area contributed by atoms with Gasteiger partial charge in [0.05, 0.1) is 18.8 Å². The molecule has 1 aromatic rings. The van der Waals surface area contributed by atoms with E-state index in [1.807, 2.05) is 20.8 Å². The van der Waals surface area contributed by atoms with Crippen molar-refractivity contribution in [2.75, 3.05) is 25.0 Å². The van der Waals surface area contributed by atoms with Gasteiger partial charge >= 0.3 is 5.97 Å². The van der Waals surface area contributed by atoms with E-state index in [2.05, 4.69) is 10.5 Å². The second-order valence-corrected chi connectivity index (χ2v) is 4.92. The highest BCUT2D eigenvalue weighted by molar-refractivity contribution is 5.91. The molecule has 0 saturated heterocycles. The first-order chi connectivity index (χ1) is 9.42. The summed E-state index contributed by atoms with van der Waals surface area (Å²) in [7, 11) is 0. The fourth-order valence-corrected chi connectivity index (χ4v) is 1.72. The van der Waals surface area contributed by atoms with E-state index < -0.39 is 5.97 Å². The molecule has 7 nitrogen and oxygen atoms in total. The average molecular weight is 283 g/mol. The van der Waals surface area contributed by atoms with Gasteiger partial charge in [-0.05, 0) is 18.9 Å². The fraction of sp³-hybridized carbons (Fsp3) is 0.615. The highest BCUT2D eigenvalue weighted by Crippen LogP contribution is 2.17. The summed E-state index contributed by atoms with van der Waals surface area (Å²) in [5.74, 6) is -0.766. The molecule has 1 heterocycles. The molecule has 112 valence electrons. The SMILES string of the molecule is CCCN(CC(=O)O)CC(=O)Nc1cc(C(C)C)no1. The monoisotopic (exact) mass is 283 g/mol. The quantitative estimate of drug-likeness (QED) is 0.751. The van der Waals surface area contributed by atoms with Gasteiger partial charge in [-0.3, -0.25) is 19.8 Å². The van der Waals surface area contributed by atoms with Crippen molar-refractivity contribution in [1.29, 1.82) is 0 Å². The zero-order chi connectivity index (χ0) is 15.1. The Bertz CT molecular complexity index is 456. The molecule has 0 aromatic carbocycles. The third-order valence-corrected chi connectivity index (χ3v) is 2.65. The van der Waals surface area contributed by atoms with E-state index in [0.717, 1.165) is 12.1 Å². The lowest BCUT2D eigenvalue weighted by Gasteiger charge is -2.17. The molecule has 0 fully saturated rings. The molecule has 20 heavy (non-hydrogen) atoms. The van der Waals surface area contributed by atoms with Gasteiger partial charge in [0, 0.05) is 6.07 Å². The maximum absolute atomic E-state index is 11.8. The molecule has 1 rings (SSSR count). The van der Waals surface area contributed by atoms with Gasteiger partial charge in [-0.1, -0.05) is 25.9 Å². The van der Waals surface area contributed by atoms with E-state index in [4.69, 9.17) is 9.63 Å². The van der Waals surface area contributed by atoms with Crippen LogP contribution >= 0.6 is 0 Å². The second kappa shape index (κ2) is 7.64. The molecule has 0 aliphatic carbocycles. The minimum Gasteiger partial charge on any atom is -0.480 e. The number of nitrogens with one attached hydrogen (secondary N) is 1. The van der Waals surface area contributed by atoms with Gasteiger partial charge in [0.1, 0.15) is 0 Å². The zero-order valence-corrected chi connectivity index (χ0v) is 12.0. The first-order valence-corrected chi connectivity index (χ1v) is 6.63. The predicted molar refractivity (Wildman–Crippen MR) is 73.6 cm³/mol. The van der Waals surface area contributed by atoms with Gasteiger partial charge in [-0.25, -0.2) is 0 Å². The highest BCUT2D eigenvalue weighted by atomic mass is 16.5. The molecule has 0 radical (unpaired) electrons. The van der Waals surface area contributed by atoms with Gasteiger partial charge in [-0.2, -0.15) is 0 Å². The lowest BCUT2D eigenvalue weighted by atomic mass is 10.1. The number of nitrogens with zero attached hydrogens (tertiary/aromatic N) is 2. The van der Waals surface area contributed by atoms with E-state index in [9.17, 15) is 9.59 Å². The van der Waals surface area contributed by atoms with Crippen LogP contribution in [0.25, 0.3) is 0 Å². The Hall–Kier alpha value is -1.89. The van der Waals surface area contributed by atoms with Crippen LogP contribution in [-0.4, -0.2) is 46.7 Å². The lowest BCUT2D eigenvalue weighted by molar-refractivity contribution is -0.138. The van der Waals surface area contributed by atoms with E-state index in [1.54, 1.807) is 11.0 Å². The van der Waals surface area contributed by atoms with Crippen LogP contribution in [0, 0.1) is 0 Å². The first-order valence-electron chi connectivity index (χ1n) is 6.63. The molecule has 0 aliphatic rings. The Kier molecular flexibility index (Phi) is 6.17. The van der Waals surface area contributed by atoms with Crippen LogP contribution in [-0.2, 0) is 9.59 Å². The summed E-state index contributed by atoms with van der Waals surface area (Å²) in [5, 5.41) is 15.2. The maximum atomic E-state index is 11.8. The zero-order valence-electron chi connectivity index (χ0n) is 12.0. The second-order valence-electron chi connectivity index (χ2n) is 4.92. The number of aromatic nitrogens is 1. The Morgan fingerprint density at radius 2 is 2.15 bits per heavy atom. The average Bonchev–Trinajstić information content (AvgIpc) is 2.76. The molecule has 0 saturated carbocycles. The van der Waals surface area contributed by atoms with Crippen LogP contribution in [0.1, 0.15) is 38.8 Å². The number of hydrogen-bond acceptors (Lipinski definition) is 5. The normalized spacial score (nSPS) is 11.1. The molecule has 7 heteroatoms. The predicted octanol–water partition coefficient (Wildman–Crippen LogP) is 1.53. The molecular formula is C13H21N3O4. The molecular weight excluding hydrogens is 262 g/mol. The van der Waals surface area contributed by atoms with Gasteiger partial charge in [-0.15, -0.1) is 0 Å². The van der Waals surface area contributed by atoms with Crippen LogP contribution in [0.5, 0.6) is 0 Å². The lowest BCUT2D eigenvalue weighted by Crippen LogP contribution is -2.37. The van der Waals surface area contributed by atoms with Crippen molar-refractivity contribution in [2.24, 2.45) is 0 Å². The van der Waals surface area contributed by atoms with Crippen molar-refractivity contribution < 1.29 is 19.2 Å². The topological polar surface area (TPSA) is 95.7 Å². The molecule has 2 N–H and O–H groups in total. The molecule has 1 aromatic heterocycles. The van der Waals surface area contributed by atoms with Crippen molar-refractivity contribution in [3.8, 4) is 0 Å². The molecule has 0 unspecified atom stereocenters. The summed E-state index contributed by atoms with van der Waals surface area (Å²) in [5.41, 5.74) is 0.760. The first kappa shape index (κ1) is 16.2. The number of carbonyl (C=O) groups excluding carboxylic acids is 1. The Morgan fingerprint density at radius 1 is 1.45 bits per heavy atom. The number of carbonyl (C=O) groups is 2. The Labute approximate surface area is 117 Å². The Balaban J connectivity index is 2.53. The summed E-state index contributed by atoms with van der Waals surface area (Å²) in [6.45, 7) is 6.27. The number of carboxylic acid groups (broad SMARTS) is 1. The van der Waals surface area contributed by atoms with E-state index in [1.165, 1.54) is 0 Å². The smallest absolute Gasteiger partial charge is 0.317 e. The summed E-state index contributed by atoms with van der Waals surface area (Å²) < 4.78 is 5.00. The summed E-state index contributed by atoms with van der Waals surface area (Å²) >= 11 is 0. The minimum absolute atomic E-state index is 0.0118. The van der Waals surface area contributed by atoms with Crippen molar-refractivity contribution in [3.05, 3.63) is 11.8 Å². The van der Waals surface area contributed by atoms with Crippen LogP contribution in [0.15, 0.2) is 10.6 Å². The van der Waals surface area contributed by atoms with Gasteiger partial charge in [0.2, 0.25) is 11.8 Å². The van der Waals surface area contributed by atoms with Crippen molar-refractivity contribution in [2.45, 2.75) is 33.1 Å². The molecule has 0 aliphatic heterocycles. The van der Waals surface area contributed by atoms with Gasteiger partial charge in [0.25, 0.3) is 0 Å². The number of amides is 1. The fourth-order valence-electron chi connectivity index (χ4n) is 1.72. The summed E-state index contributed by atoms with van der Waals surface area (Å²) in [6, 6.07) is 1.67. The number of aliphatic carboxylic acids is 1. The number of carboxylic acids is 1. The third-order valence-electron chi connectivity index (χ3n) is 2.65. The molecule has 0 spiro atoms. The summed E-state index contributed by atoms with van der Waals surface area (Å²) in [6.07, 6.45) is 0.778. The van der Waals surface area contributed by atoms with Gasteiger partial charge in [0.15, 0.2) is 0 Å². The standard InChI is InChI=1S/C13H21N3O4/c1-4-5-16(8-13(18)19)7-11(17)14-12-6-10(9(2)3)15-20-12/h6,9H,4-5,7-8H2,1-3H3,(H,14,17)(H,18,19). The van der Waals surface area contributed by atoms with Crippen molar-refractivity contribution >= 4 is 17.8 Å². The van der Waals surface area contributed by atoms with E-state index >= 15 is 0 Å². The van der Waals surface area contributed by atoms with Crippen molar-refractivity contribution in [1.82, 2.24) is 10.1 Å². The molecule has 0 atom stereocenters. The number of hydrogen-bond donors (Lipinski definition) is 2. The van der Waals surface area contributed by atoms with Gasteiger partial charge < -0.3 is 9.63 Å². The van der Waals surface area contributed by atoms with E-state index in [-0.39, 0.29) is 30.8 Å². The summed E-state index contributed by atoms with van der Waals surface area (Å²) in [4.78, 5) is 24.1. The van der Waals surface area contributed by atoms with E-state index in [0.29, 0.717) is 6.54 Å². The van der Waals surface area contributed by atoms with Crippen LogP contribution < -0.4 is 5.32 Å². The van der Waals surface area contributed by atoms with Crippen LogP contribution in [0.2, 0.25) is 0 Å². The third kappa shape index (κ3) is 5.40. The largest absolute Gasteiger partial charge is 0.480 e. The highest BCUT2D eigenvalue weighted by Gasteiger charge is 2.15. The van der Waals surface area contributed by atoms with Crippen molar-refractivity contribution in [3.63, 3.8) is 0 Å². The van der Waals surface area contributed by atoms with Crippen LogP contribution in [0.3, 0.4) is 0 Å².